The van der Waals surface area contributed by atoms with Crippen LogP contribution in [0, 0.1) is 0 Å². The third-order valence-corrected chi connectivity index (χ3v) is 5.88. The molecular weight excluding hydrogens is 467 g/mol. The highest BCUT2D eigenvalue weighted by Gasteiger charge is 2.31. The molecule has 5 nitrogen and oxygen atoms in total. The Morgan fingerprint density at radius 1 is 1.12 bits per heavy atom. The second kappa shape index (κ2) is 11.1. The molecule has 3 aromatic carbocycles. The van der Waals surface area contributed by atoms with Crippen LogP contribution >= 0.6 is 12.4 Å². The van der Waals surface area contributed by atoms with E-state index in [9.17, 15) is 18.0 Å². The minimum atomic E-state index is -4.47. The molecule has 0 saturated carbocycles. The number of ether oxygens (including phenoxy) is 1. The number of fused-ring (bicyclic) bond motifs is 1. The van der Waals surface area contributed by atoms with Crippen LogP contribution < -0.4 is 10.6 Å². The van der Waals surface area contributed by atoms with E-state index >= 15 is 0 Å². The maximum Gasteiger partial charge on any atom is 0.416 e. The maximum absolute atomic E-state index is 13.0. The zero-order valence-corrected chi connectivity index (χ0v) is 19.5. The van der Waals surface area contributed by atoms with Gasteiger partial charge in [0.2, 0.25) is 0 Å². The van der Waals surface area contributed by atoms with Gasteiger partial charge >= 0.3 is 12.2 Å². The smallest absolute Gasteiger partial charge is 0.377 e. The second-order valence-corrected chi connectivity index (χ2v) is 8.13. The van der Waals surface area contributed by atoms with Crippen molar-refractivity contribution in [2.24, 2.45) is 0 Å². The number of alkyl halides is 3. The topological polar surface area (TPSA) is 53.6 Å². The van der Waals surface area contributed by atoms with Crippen LogP contribution in [0.2, 0.25) is 0 Å². The van der Waals surface area contributed by atoms with Gasteiger partial charge in [-0.05, 0) is 41.5 Å². The molecule has 1 aliphatic rings. The fourth-order valence-electron chi connectivity index (χ4n) is 4.11. The first-order chi connectivity index (χ1) is 15.8. The molecule has 0 bridgehead atoms. The minimum absolute atomic E-state index is 0. The van der Waals surface area contributed by atoms with Crippen LogP contribution in [0.4, 0.5) is 23.7 Å². The number of morpholine rings is 1. The van der Waals surface area contributed by atoms with Gasteiger partial charge in [0.1, 0.15) is 0 Å². The molecule has 2 N–H and O–H groups in total. The molecule has 2 amide bonds. The molecule has 1 heterocycles. The standard InChI is InChI=1S/C25H26F3N3O2.ClH/c1-17(22-11-4-7-18-6-2-3-10-23(18)22)29-15-21-16-33-13-12-31(21)24(32)30-20-9-5-8-19(14-20)25(26,27)28;/h2-11,14,17,21,29H,12-13,15-16H2,1H3,(H,30,32);1H/t17-,21?;/m1./s1. The van der Waals surface area contributed by atoms with Gasteiger partial charge in [-0.1, -0.05) is 48.5 Å². The summed E-state index contributed by atoms with van der Waals surface area (Å²) in [4.78, 5) is 14.5. The van der Waals surface area contributed by atoms with Gasteiger partial charge in [0.15, 0.2) is 0 Å². The van der Waals surface area contributed by atoms with E-state index in [0.29, 0.717) is 26.3 Å². The van der Waals surface area contributed by atoms with Crippen molar-refractivity contribution in [1.29, 1.82) is 0 Å². The van der Waals surface area contributed by atoms with Crippen LogP contribution in [-0.4, -0.2) is 43.3 Å². The maximum atomic E-state index is 13.0. The van der Waals surface area contributed by atoms with E-state index < -0.39 is 17.8 Å². The van der Waals surface area contributed by atoms with Gasteiger partial charge in [0, 0.05) is 24.8 Å². The van der Waals surface area contributed by atoms with Crippen molar-refractivity contribution in [2.75, 3.05) is 31.6 Å². The molecule has 3 aromatic rings. The van der Waals surface area contributed by atoms with E-state index in [4.69, 9.17) is 4.74 Å². The van der Waals surface area contributed by atoms with E-state index in [2.05, 4.69) is 41.8 Å². The lowest BCUT2D eigenvalue weighted by Gasteiger charge is -2.36. The van der Waals surface area contributed by atoms with Crippen molar-refractivity contribution in [3.05, 3.63) is 77.9 Å². The van der Waals surface area contributed by atoms with Crippen LogP contribution in [0.1, 0.15) is 24.1 Å². The van der Waals surface area contributed by atoms with E-state index in [1.165, 1.54) is 17.5 Å². The number of benzene rings is 3. The monoisotopic (exact) mass is 493 g/mol. The quantitative estimate of drug-likeness (QED) is 0.468. The Morgan fingerprint density at radius 3 is 2.65 bits per heavy atom. The van der Waals surface area contributed by atoms with Crippen molar-refractivity contribution in [3.63, 3.8) is 0 Å². The van der Waals surface area contributed by atoms with Gasteiger partial charge < -0.3 is 20.3 Å². The first-order valence-corrected chi connectivity index (χ1v) is 10.9. The zero-order chi connectivity index (χ0) is 23.4. The zero-order valence-electron chi connectivity index (χ0n) is 18.6. The molecule has 4 rings (SSSR count). The molecular formula is C25H27ClF3N3O2. The van der Waals surface area contributed by atoms with Crippen molar-refractivity contribution in [1.82, 2.24) is 10.2 Å². The van der Waals surface area contributed by atoms with Crippen molar-refractivity contribution >= 4 is 34.9 Å². The first-order valence-electron chi connectivity index (χ1n) is 10.9. The molecule has 0 radical (unpaired) electrons. The number of urea groups is 1. The Labute approximate surface area is 202 Å². The molecule has 1 unspecified atom stereocenters. The number of carbonyl (C=O) groups excluding carboxylic acids is 1. The number of anilines is 1. The highest BCUT2D eigenvalue weighted by molar-refractivity contribution is 5.90. The summed E-state index contributed by atoms with van der Waals surface area (Å²) < 4.78 is 44.5. The molecule has 0 spiro atoms. The Morgan fingerprint density at radius 2 is 1.85 bits per heavy atom. The summed E-state index contributed by atoms with van der Waals surface area (Å²) in [6, 6.07) is 18.3. The molecule has 0 aliphatic carbocycles. The van der Waals surface area contributed by atoms with Crippen molar-refractivity contribution in [2.45, 2.75) is 25.2 Å². The summed E-state index contributed by atoms with van der Waals surface area (Å²) in [7, 11) is 0. The van der Waals surface area contributed by atoms with Crippen LogP contribution in [-0.2, 0) is 10.9 Å². The SMILES string of the molecule is C[C@@H](NCC1COCCN1C(=O)Nc1cccc(C(F)(F)F)c1)c1cccc2ccccc12.Cl. The van der Waals surface area contributed by atoms with Gasteiger partial charge in [-0.15, -0.1) is 12.4 Å². The number of hydrogen-bond acceptors (Lipinski definition) is 3. The fraction of sp³-hybridized carbons (Fsp3) is 0.320. The average molecular weight is 494 g/mol. The number of nitrogens with zero attached hydrogens (tertiary/aromatic N) is 1. The molecule has 2 atom stereocenters. The molecule has 1 aliphatic heterocycles. The Hall–Kier alpha value is -2.81. The van der Waals surface area contributed by atoms with Crippen LogP contribution in [0.3, 0.4) is 0 Å². The number of amides is 2. The summed E-state index contributed by atoms with van der Waals surface area (Å²) in [5.41, 5.74) is 0.464. The number of halogens is 4. The second-order valence-electron chi connectivity index (χ2n) is 8.13. The van der Waals surface area contributed by atoms with Gasteiger partial charge in [0.25, 0.3) is 0 Å². The first kappa shape index (κ1) is 25.8. The third kappa shape index (κ3) is 6.00. The lowest BCUT2D eigenvalue weighted by molar-refractivity contribution is -0.137. The highest BCUT2D eigenvalue weighted by Crippen LogP contribution is 2.31. The van der Waals surface area contributed by atoms with E-state index in [-0.39, 0.29) is 30.2 Å². The largest absolute Gasteiger partial charge is 0.416 e. The van der Waals surface area contributed by atoms with E-state index in [1.54, 1.807) is 4.90 Å². The fourth-order valence-corrected chi connectivity index (χ4v) is 4.11. The summed E-state index contributed by atoms with van der Waals surface area (Å²) in [6.07, 6.45) is -4.47. The molecule has 182 valence electrons. The summed E-state index contributed by atoms with van der Waals surface area (Å²) in [5.74, 6) is 0. The van der Waals surface area contributed by atoms with Gasteiger partial charge in [-0.2, -0.15) is 13.2 Å². The Kier molecular flexibility index (Phi) is 8.41. The lowest BCUT2D eigenvalue weighted by Crippen LogP contribution is -2.54. The van der Waals surface area contributed by atoms with E-state index in [1.807, 2.05) is 18.2 Å². The summed E-state index contributed by atoms with van der Waals surface area (Å²) in [6.45, 7) is 3.65. The van der Waals surface area contributed by atoms with Crippen molar-refractivity contribution < 1.29 is 22.7 Å². The molecule has 9 heteroatoms. The average Bonchev–Trinajstić information content (AvgIpc) is 2.82. The molecule has 34 heavy (non-hydrogen) atoms. The molecule has 1 fully saturated rings. The highest BCUT2D eigenvalue weighted by atomic mass is 35.5. The predicted octanol–water partition coefficient (Wildman–Crippen LogP) is 5.86. The molecule has 0 aromatic heterocycles. The Balaban J connectivity index is 0.00000324. The van der Waals surface area contributed by atoms with Crippen LogP contribution in [0.5, 0.6) is 0 Å². The molecule has 1 saturated heterocycles. The number of nitrogens with one attached hydrogen (secondary N) is 2. The number of carbonyl (C=O) groups is 1. The summed E-state index contributed by atoms with van der Waals surface area (Å²) >= 11 is 0. The van der Waals surface area contributed by atoms with Crippen LogP contribution in [0.25, 0.3) is 10.8 Å². The number of hydrogen-bond donors (Lipinski definition) is 2. The third-order valence-electron chi connectivity index (χ3n) is 5.88. The minimum Gasteiger partial charge on any atom is -0.377 e. The lowest BCUT2D eigenvalue weighted by atomic mass is 9.99. The predicted molar refractivity (Wildman–Crippen MR) is 129 cm³/mol. The van der Waals surface area contributed by atoms with Gasteiger partial charge in [-0.3, -0.25) is 0 Å². The number of rotatable bonds is 5. The Bertz CT molecular complexity index is 1120. The normalized spacial score (nSPS) is 17.2. The van der Waals surface area contributed by atoms with Crippen molar-refractivity contribution in [3.8, 4) is 0 Å². The van der Waals surface area contributed by atoms with E-state index in [0.717, 1.165) is 23.1 Å². The van der Waals surface area contributed by atoms with Gasteiger partial charge in [0.05, 0.1) is 24.8 Å². The van der Waals surface area contributed by atoms with Crippen LogP contribution in [0.15, 0.2) is 66.7 Å². The summed E-state index contributed by atoms with van der Waals surface area (Å²) in [5, 5.41) is 8.41. The van der Waals surface area contributed by atoms with Gasteiger partial charge in [-0.25, -0.2) is 4.79 Å².